The first-order valence-corrected chi connectivity index (χ1v) is 5.60. The van der Waals surface area contributed by atoms with Crippen LogP contribution in [0.1, 0.15) is 36.6 Å². The Bertz CT molecular complexity index is 438. The molecule has 3 nitrogen and oxygen atoms in total. The van der Waals surface area contributed by atoms with E-state index in [4.69, 9.17) is 0 Å². The van der Waals surface area contributed by atoms with Crippen LogP contribution >= 0.6 is 0 Å². The van der Waals surface area contributed by atoms with Crippen molar-refractivity contribution in [2.75, 3.05) is 5.32 Å². The van der Waals surface area contributed by atoms with E-state index in [1.165, 1.54) is 0 Å². The molecule has 0 spiro atoms. The molecular formula is C13H17NO2. The average Bonchev–Trinajstić information content (AvgIpc) is 2.55. The fraction of sp³-hybridized carbons (Fsp3) is 0.462. The molecule has 0 fully saturated rings. The van der Waals surface area contributed by atoms with E-state index >= 15 is 0 Å². The Morgan fingerprint density at radius 2 is 2.06 bits per heavy atom. The normalized spacial score (nSPS) is 16.2. The summed E-state index contributed by atoms with van der Waals surface area (Å²) in [5, 5.41) is 13.0. The molecule has 1 heterocycles. The maximum Gasteiger partial charge on any atom is 0.228 e. The Kier molecular flexibility index (Phi) is 2.72. The molecule has 0 saturated heterocycles. The Morgan fingerprint density at radius 3 is 2.69 bits per heavy atom. The van der Waals surface area contributed by atoms with E-state index in [1.54, 1.807) is 0 Å². The predicted octanol–water partition coefficient (Wildman–Crippen LogP) is 2.18. The standard InChI is InChI=1S/C13H17NO2/c1-7(2)13(16)10-5-8(3)4-9-6-11(15)14-12(9)10/h4-5,7,13,16H,6H2,1-3H3,(H,14,15). The van der Waals surface area contributed by atoms with Crippen molar-refractivity contribution in [3.8, 4) is 0 Å². The summed E-state index contributed by atoms with van der Waals surface area (Å²) in [6.07, 6.45) is -0.0958. The molecule has 2 N–H and O–H groups in total. The molecule has 2 rings (SSSR count). The van der Waals surface area contributed by atoms with Crippen molar-refractivity contribution in [1.29, 1.82) is 0 Å². The highest BCUT2D eigenvalue weighted by atomic mass is 16.3. The van der Waals surface area contributed by atoms with Gasteiger partial charge in [0.1, 0.15) is 0 Å². The molecule has 0 aliphatic carbocycles. The molecule has 86 valence electrons. The van der Waals surface area contributed by atoms with Gasteiger partial charge in [0.15, 0.2) is 0 Å². The lowest BCUT2D eigenvalue weighted by Crippen LogP contribution is -2.10. The molecule has 0 saturated carbocycles. The molecule has 1 aromatic carbocycles. The van der Waals surface area contributed by atoms with Crippen molar-refractivity contribution in [2.45, 2.75) is 33.3 Å². The predicted molar refractivity (Wildman–Crippen MR) is 63.3 cm³/mol. The van der Waals surface area contributed by atoms with Crippen molar-refractivity contribution >= 4 is 11.6 Å². The molecule has 1 aromatic rings. The third-order valence-electron chi connectivity index (χ3n) is 2.96. The number of hydrogen-bond donors (Lipinski definition) is 2. The van der Waals surface area contributed by atoms with Crippen molar-refractivity contribution in [3.63, 3.8) is 0 Å². The van der Waals surface area contributed by atoms with Crippen LogP contribution in [0, 0.1) is 12.8 Å². The highest BCUT2D eigenvalue weighted by Crippen LogP contribution is 2.35. The Labute approximate surface area is 95.5 Å². The molecule has 1 unspecified atom stereocenters. The zero-order chi connectivity index (χ0) is 11.9. The van der Waals surface area contributed by atoms with E-state index in [0.29, 0.717) is 6.42 Å². The van der Waals surface area contributed by atoms with Gasteiger partial charge in [0, 0.05) is 5.56 Å². The number of fused-ring (bicyclic) bond motifs is 1. The highest BCUT2D eigenvalue weighted by molar-refractivity contribution is 6.00. The van der Waals surface area contributed by atoms with Gasteiger partial charge in [-0.2, -0.15) is 0 Å². The number of carbonyl (C=O) groups is 1. The Morgan fingerprint density at radius 1 is 1.38 bits per heavy atom. The molecule has 1 amide bonds. The molecule has 16 heavy (non-hydrogen) atoms. The first-order chi connectivity index (χ1) is 7.49. The topological polar surface area (TPSA) is 49.3 Å². The molecule has 0 bridgehead atoms. The van der Waals surface area contributed by atoms with Crippen LogP contribution in [0.5, 0.6) is 0 Å². The van der Waals surface area contributed by atoms with Gasteiger partial charge >= 0.3 is 0 Å². The quantitative estimate of drug-likeness (QED) is 0.801. The number of nitrogens with one attached hydrogen (secondary N) is 1. The second-order valence-electron chi connectivity index (χ2n) is 4.80. The van der Waals surface area contributed by atoms with E-state index < -0.39 is 6.10 Å². The maximum atomic E-state index is 11.4. The average molecular weight is 219 g/mol. The summed E-state index contributed by atoms with van der Waals surface area (Å²) in [6, 6.07) is 3.96. The minimum atomic E-state index is -0.521. The van der Waals surface area contributed by atoms with E-state index in [2.05, 4.69) is 5.32 Å². The number of aryl methyl sites for hydroxylation is 1. The largest absolute Gasteiger partial charge is 0.388 e. The highest BCUT2D eigenvalue weighted by Gasteiger charge is 2.25. The van der Waals surface area contributed by atoms with Gasteiger partial charge in [-0.25, -0.2) is 0 Å². The molecule has 3 heteroatoms. The summed E-state index contributed by atoms with van der Waals surface area (Å²) >= 11 is 0. The lowest BCUT2D eigenvalue weighted by molar-refractivity contribution is -0.115. The van der Waals surface area contributed by atoms with E-state index in [9.17, 15) is 9.90 Å². The van der Waals surface area contributed by atoms with Gasteiger partial charge in [0.25, 0.3) is 0 Å². The summed E-state index contributed by atoms with van der Waals surface area (Å²) in [7, 11) is 0. The van der Waals surface area contributed by atoms with Crippen LogP contribution in [-0.4, -0.2) is 11.0 Å². The van der Waals surface area contributed by atoms with Crippen molar-refractivity contribution in [3.05, 3.63) is 28.8 Å². The van der Waals surface area contributed by atoms with Crippen LogP contribution in [0.25, 0.3) is 0 Å². The smallest absolute Gasteiger partial charge is 0.228 e. The molecule has 1 aliphatic heterocycles. The summed E-state index contributed by atoms with van der Waals surface area (Å²) in [5.41, 5.74) is 3.75. The molecule has 1 aliphatic rings. The summed E-state index contributed by atoms with van der Waals surface area (Å²) in [6.45, 7) is 5.92. The minimum absolute atomic E-state index is 0.0119. The number of rotatable bonds is 2. The number of hydrogen-bond acceptors (Lipinski definition) is 2. The SMILES string of the molecule is Cc1cc2c(c(C(O)C(C)C)c1)NC(=O)C2. The van der Waals surface area contributed by atoms with Gasteiger partial charge in [0.05, 0.1) is 18.2 Å². The lowest BCUT2D eigenvalue weighted by atomic mass is 9.94. The van der Waals surface area contributed by atoms with Crippen LogP contribution in [0.3, 0.4) is 0 Å². The number of benzene rings is 1. The van der Waals surface area contributed by atoms with Gasteiger partial charge in [-0.1, -0.05) is 31.5 Å². The summed E-state index contributed by atoms with van der Waals surface area (Å²) < 4.78 is 0. The van der Waals surface area contributed by atoms with Crippen LogP contribution in [0.15, 0.2) is 12.1 Å². The number of amides is 1. The van der Waals surface area contributed by atoms with Gasteiger partial charge in [0.2, 0.25) is 5.91 Å². The minimum Gasteiger partial charge on any atom is -0.388 e. The van der Waals surface area contributed by atoms with Crippen LogP contribution < -0.4 is 5.32 Å². The van der Waals surface area contributed by atoms with Gasteiger partial charge in [-0.3, -0.25) is 4.79 Å². The van der Waals surface area contributed by atoms with Crippen molar-refractivity contribution < 1.29 is 9.90 Å². The third-order valence-corrected chi connectivity index (χ3v) is 2.96. The van der Waals surface area contributed by atoms with Gasteiger partial charge in [-0.15, -0.1) is 0 Å². The first-order valence-electron chi connectivity index (χ1n) is 5.60. The van der Waals surface area contributed by atoms with Crippen molar-refractivity contribution in [1.82, 2.24) is 0 Å². The third kappa shape index (κ3) is 1.83. The summed E-state index contributed by atoms with van der Waals surface area (Å²) in [5.74, 6) is 0.154. The van der Waals surface area contributed by atoms with E-state index in [-0.39, 0.29) is 11.8 Å². The zero-order valence-electron chi connectivity index (χ0n) is 9.87. The van der Waals surface area contributed by atoms with E-state index in [0.717, 1.165) is 22.4 Å². The van der Waals surface area contributed by atoms with Crippen LogP contribution in [-0.2, 0) is 11.2 Å². The molecule has 1 atom stereocenters. The van der Waals surface area contributed by atoms with Crippen LogP contribution in [0.4, 0.5) is 5.69 Å². The number of aliphatic hydroxyl groups excluding tert-OH is 1. The monoisotopic (exact) mass is 219 g/mol. The summed E-state index contributed by atoms with van der Waals surface area (Å²) in [4.78, 5) is 11.4. The van der Waals surface area contributed by atoms with Crippen molar-refractivity contribution in [2.24, 2.45) is 5.92 Å². The Hall–Kier alpha value is -1.35. The zero-order valence-corrected chi connectivity index (χ0v) is 9.87. The maximum absolute atomic E-state index is 11.4. The fourth-order valence-electron chi connectivity index (χ4n) is 2.13. The number of aliphatic hydroxyl groups is 1. The number of anilines is 1. The second kappa shape index (κ2) is 3.91. The molecule has 0 radical (unpaired) electrons. The second-order valence-corrected chi connectivity index (χ2v) is 4.80. The number of carbonyl (C=O) groups excluding carboxylic acids is 1. The lowest BCUT2D eigenvalue weighted by Gasteiger charge is -2.18. The first kappa shape index (κ1) is 11.1. The van der Waals surface area contributed by atoms with Crippen LogP contribution in [0.2, 0.25) is 0 Å². The van der Waals surface area contributed by atoms with Gasteiger partial charge in [-0.05, 0) is 18.4 Å². The molecule has 0 aromatic heterocycles. The van der Waals surface area contributed by atoms with E-state index in [1.807, 2.05) is 32.9 Å². The fourth-order valence-corrected chi connectivity index (χ4v) is 2.13. The Balaban J connectivity index is 2.50. The van der Waals surface area contributed by atoms with Gasteiger partial charge < -0.3 is 10.4 Å². The molecular weight excluding hydrogens is 202 g/mol.